The molecule has 1 heterocycles. The molecule has 2 aromatic rings. The van der Waals surface area contributed by atoms with Gasteiger partial charge in [-0.25, -0.2) is 0 Å². The first-order valence-corrected chi connectivity index (χ1v) is 6.34. The molecule has 16 heavy (non-hydrogen) atoms. The summed E-state index contributed by atoms with van der Waals surface area (Å²) in [4.78, 5) is 11.5. The Hall–Kier alpha value is -1.07. The first-order valence-electron chi connectivity index (χ1n) is 4.67. The maximum Gasteiger partial charge on any atom is 0.307 e. The highest BCUT2D eigenvalue weighted by atomic mass is 79.9. The number of hydrogen-bond acceptors (Lipinski definition) is 3. The molecule has 3 nitrogen and oxygen atoms in total. The number of halogens is 1. The number of benzene rings is 1. The first-order chi connectivity index (χ1) is 7.70. The molecule has 0 saturated heterocycles. The zero-order valence-electron chi connectivity index (χ0n) is 8.64. The maximum absolute atomic E-state index is 11.4. The van der Waals surface area contributed by atoms with Crippen molar-refractivity contribution >= 4 is 27.3 Å². The lowest BCUT2D eigenvalue weighted by atomic mass is 10.2. The number of aromatic nitrogens is 1. The average molecular weight is 300 g/mol. The fourth-order valence-electron chi connectivity index (χ4n) is 1.37. The molecule has 0 atom stereocenters. The van der Waals surface area contributed by atoms with Crippen LogP contribution < -0.4 is 9.61 Å². The summed E-state index contributed by atoms with van der Waals surface area (Å²) in [7, 11) is 1.63. The first kappa shape index (κ1) is 11.4. The summed E-state index contributed by atoms with van der Waals surface area (Å²) in [6.45, 7) is 0.576. The molecule has 5 heteroatoms. The van der Waals surface area contributed by atoms with Crippen LogP contribution in [0.3, 0.4) is 0 Å². The average Bonchev–Trinajstić information content (AvgIpc) is 2.67. The van der Waals surface area contributed by atoms with Gasteiger partial charge in [0.15, 0.2) is 0 Å². The Balaban J connectivity index is 2.29. The van der Waals surface area contributed by atoms with Crippen LogP contribution in [0.15, 0.2) is 39.0 Å². The van der Waals surface area contributed by atoms with E-state index in [2.05, 4.69) is 15.9 Å². The summed E-state index contributed by atoms with van der Waals surface area (Å²) in [6.07, 6.45) is 1.80. The van der Waals surface area contributed by atoms with E-state index >= 15 is 0 Å². The second-order valence-electron chi connectivity index (χ2n) is 3.25. The van der Waals surface area contributed by atoms with Gasteiger partial charge < -0.3 is 9.30 Å². The van der Waals surface area contributed by atoms with Gasteiger partial charge in [0.1, 0.15) is 5.75 Å². The topological polar surface area (TPSA) is 31.2 Å². The minimum Gasteiger partial charge on any atom is -0.497 e. The third kappa shape index (κ3) is 2.36. The molecular weight excluding hydrogens is 290 g/mol. The Kier molecular flexibility index (Phi) is 3.46. The maximum atomic E-state index is 11.4. The molecule has 0 amide bonds. The van der Waals surface area contributed by atoms with Crippen molar-refractivity contribution in [1.29, 1.82) is 0 Å². The third-order valence-corrected chi connectivity index (χ3v) is 3.68. The van der Waals surface area contributed by atoms with Crippen molar-refractivity contribution in [2.75, 3.05) is 7.11 Å². The van der Waals surface area contributed by atoms with Crippen LogP contribution in [-0.4, -0.2) is 11.7 Å². The fraction of sp³-hybridized carbons (Fsp3) is 0.182. The summed E-state index contributed by atoms with van der Waals surface area (Å²) in [5, 5.41) is 1.79. The summed E-state index contributed by atoms with van der Waals surface area (Å²) < 4.78 is 7.74. The third-order valence-electron chi connectivity index (χ3n) is 2.25. The molecule has 0 aliphatic rings. The lowest BCUT2D eigenvalue weighted by Gasteiger charge is -2.07. The SMILES string of the molecule is COc1ccc(Cn2ccsc2=O)c(Br)c1. The summed E-state index contributed by atoms with van der Waals surface area (Å²) in [5.74, 6) is 0.799. The number of hydrogen-bond donors (Lipinski definition) is 0. The number of ether oxygens (including phenoxy) is 1. The predicted molar refractivity (Wildman–Crippen MR) is 68.4 cm³/mol. The highest BCUT2D eigenvalue weighted by Crippen LogP contribution is 2.23. The highest BCUT2D eigenvalue weighted by Gasteiger charge is 2.04. The van der Waals surface area contributed by atoms with Crippen LogP contribution >= 0.6 is 27.3 Å². The summed E-state index contributed by atoms with van der Waals surface area (Å²) >= 11 is 4.67. The standard InChI is InChI=1S/C11H10BrNO2S/c1-15-9-3-2-8(10(12)6-9)7-13-4-5-16-11(13)14/h2-6H,7H2,1H3. The van der Waals surface area contributed by atoms with Crippen LogP contribution in [0.5, 0.6) is 5.75 Å². The van der Waals surface area contributed by atoms with E-state index in [1.165, 1.54) is 11.3 Å². The molecule has 1 aromatic heterocycles. The molecule has 0 aliphatic carbocycles. The van der Waals surface area contributed by atoms with Gasteiger partial charge in [0.2, 0.25) is 0 Å². The van der Waals surface area contributed by atoms with Gasteiger partial charge in [-0.1, -0.05) is 33.3 Å². The molecule has 0 saturated carbocycles. The summed E-state index contributed by atoms with van der Waals surface area (Å²) in [6, 6.07) is 5.73. The van der Waals surface area contributed by atoms with Crippen LogP contribution in [0.25, 0.3) is 0 Å². The minimum atomic E-state index is 0.0581. The van der Waals surface area contributed by atoms with Gasteiger partial charge in [-0.05, 0) is 17.7 Å². The van der Waals surface area contributed by atoms with Crippen molar-refractivity contribution in [3.8, 4) is 5.75 Å². The van der Waals surface area contributed by atoms with E-state index in [1.807, 2.05) is 18.2 Å². The predicted octanol–water partition coefficient (Wildman–Crippen LogP) is 2.73. The van der Waals surface area contributed by atoms with Crippen molar-refractivity contribution in [2.24, 2.45) is 0 Å². The highest BCUT2D eigenvalue weighted by molar-refractivity contribution is 9.10. The van der Waals surface area contributed by atoms with Gasteiger partial charge in [-0.15, -0.1) is 0 Å². The van der Waals surface area contributed by atoms with E-state index in [1.54, 1.807) is 23.3 Å². The Labute approximate surface area is 105 Å². The van der Waals surface area contributed by atoms with Crippen molar-refractivity contribution in [3.63, 3.8) is 0 Å². The van der Waals surface area contributed by atoms with Gasteiger partial charge >= 0.3 is 4.87 Å². The van der Waals surface area contributed by atoms with Gasteiger partial charge in [-0.3, -0.25) is 4.79 Å². The molecule has 0 spiro atoms. The summed E-state index contributed by atoms with van der Waals surface area (Å²) in [5.41, 5.74) is 1.06. The van der Waals surface area contributed by atoms with Crippen molar-refractivity contribution < 1.29 is 4.74 Å². The van der Waals surface area contributed by atoms with E-state index in [9.17, 15) is 4.79 Å². The van der Waals surface area contributed by atoms with Crippen LogP contribution in [-0.2, 0) is 6.54 Å². The zero-order chi connectivity index (χ0) is 11.5. The quantitative estimate of drug-likeness (QED) is 0.873. The molecule has 0 unspecified atom stereocenters. The fourth-order valence-corrected chi connectivity index (χ4v) is 2.44. The molecule has 0 N–H and O–H groups in total. The van der Waals surface area contributed by atoms with Gasteiger partial charge in [0, 0.05) is 16.0 Å². The monoisotopic (exact) mass is 299 g/mol. The Bertz CT molecular complexity index is 547. The Morgan fingerprint density at radius 3 is 2.88 bits per heavy atom. The number of thiazole rings is 1. The molecule has 1 aromatic carbocycles. The van der Waals surface area contributed by atoms with E-state index < -0.39 is 0 Å². The molecule has 2 rings (SSSR count). The largest absolute Gasteiger partial charge is 0.497 e. The van der Waals surface area contributed by atoms with E-state index in [-0.39, 0.29) is 4.87 Å². The van der Waals surface area contributed by atoms with Crippen LogP contribution in [0, 0.1) is 0 Å². The van der Waals surface area contributed by atoms with Crippen molar-refractivity contribution in [2.45, 2.75) is 6.54 Å². The minimum absolute atomic E-state index is 0.0581. The number of methoxy groups -OCH3 is 1. The smallest absolute Gasteiger partial charge is 0.307 e. The Morgan fingerprint density at radius 2 is 2.31 bits per heavy atom. The van der Waals surface area contributed by atoms with Crippen molar-refractivity contribution in [3.05, 3.63) is 49.5 Å². The molecule has 0 bridgehead atoms. The van der Waals surface area contributed by atoms with E-state index in [0.29, 0.717) is 6.54 Å². The molecule has 84 valence electrons. The van der Waals surface area contributed by atoms with E-state index in [4.69, 9.17) is 4.74 Å². The van der Waals surface area contributed by atoms with Crippen molar-refractivity contribution in [1.82, 2.24) is 4.57 Å². The van der Waals surface area contributed by atoms with Crippen LogP contribution in [0.1, 0.15) is 5.56 Å². The van der Waals surface area contributed by atoms with Crippen LogP contribution in [0.2, 0.25) is 0 Å². The Morgan fingerprint density at radius 1 is 1.50 bits per heavy atom. The van der Waals surface area contributed by atoms with Gasteiger partial charge in [0.25, 0.3) is 0 Å². The van der Waals surface area contributed by atoms with Gasteiger partial charge in [-0.2, -0.15) is 0 Å². The van der Waals surface area contributed by atoms with E-state index in [0.717, 1.165) is 15.8 Å². The number of nitrogens with zero attached hydrogens (tertiary/aromatic N) is 1. The molecular formula is C11H10BrNO2S. The lowest BCUT2D eigenvalue weighted by molar-refractivity contribution is 0.414. The second kappa shape index (κ2) is 4.84. The molecule has 0 radical (unpaired) electrons. The second-order valence-corrected chi connectivity index (χ2v) is 4.97. The zero-order valence-corrected chi connectivity index (χ0v) is 11.0. The van der Waals surface area contributed by atoms with Gasteiger partial charge in [0.05, 0.1) is 13.7 Å². The molecule has 0 fully saturated rings. The van der Waals surface area contributed by atoms with Crippen LogP contribution in [0.4, 0.5) is 0 Å². The normalized spacial score (nSPS) is 10.4. The lowest BCUT2D eigenvalue weighted by Crippen LogP contribution is -2.12. The number of rotatable bonds is 3. The molecule has 0 aliphatic heterocycles.